The summed E-state index contributed by atoms with van der Waals surface area (Å²) >= 11 is 0. The number of carbonyl (C=O) groups excluding carboxylic acids is 2. The first kappa shape index (κ1) is 22.5. The van der Waals surface area contributed by atoms with Gasteiger partial charge >= 0.3 is 67.3 Å². The van der Waals surface area contributed by atoms with Crippen LogP contribution >= 0.6 is 0 Å². The molecule has 0 unspecified atom stereocenters. The molecule has 0 N–H and O–H groups in total. The van der Waals surface area contributed by atoms with E-state index in [9.17, 15) is 0 Å². The summed E-state index contributed by atoms with van der Waals surface area (Å²) in [5.74, 6) is -2.17. The molecule has 0 aliphatic heterocycles. The topological polar surface area (TPSA) is 80.3 Å². The van der Waals surface area contributed by atoms with Gasteiger partial charge in [0.1, 0.15) is 0 Å². The molecule has 0 aliphatic carbocycles. The van der Waals surface area contributed by atoms with E-state index in [1.165, 1.54) is 0 Å². The van der Waals surface area contributed by atoms with Crippen LogP contribution in [-0.2, 0) is 9.59 Å². The Morgan fingerprint density at radius 1 is 1.00 bits per heavy atom. The van der Waals surface area contributed by atoms with Crippen LogP contribution in [0.25, 0.3) is 0 Å². The van der Waals surface area contributed by atoms with Gasteiger partial charge in [-0.2, -0.15) is 0 Å². The van der Waals surface area contributed by atoms with Crippen molar-refractivity contribution in [1.29, 1.82) is 0 Å². The third-order valence-electron chi connectivity index (χ3n) is 0. The minimum absolute atomic E-state index is 0. The van der Waals surface area contributed by atoms with Crippen LogP contribution in [0.5, 0.6) is 0 Å². The maximum Gasteiger partial charge on any atom is 2.00 e. The number of carbonyl (C=O) groups is 2. The molecule has 0 saturated heterocycles. The first-order valence-corrected chi connectivity index (χ1v) is 1.82. The average Bonchev–Trinajstić information content (AvgIpc) is 1.25. The Balaban J connectivity index is -0.0000000300. The Morgan fingerprint density at radius 3 is 1.00 bits per heavy atom. The predicted molar refractivity (Wildman–Crippen MR) is 27.1 cm³/mol. The van der Waals surface area contributed by atoms with Gasteiger partial charge in [0.15, 0.2) is 0 Å². The second kappa shape index (κ2) is 16.7. The standard InChI is InChI=1S/2C2H4O2.Ca.Na/c2*1-2(3)4;;/h2*1H3,(H,3,4);;/q;;+2;+1/p-2. The fourth-order valence-corrected chi connectivity index (χ4v) is 0. The molecular formula is C4H6CaNaO4+. The predicted octanol–water partition coefficient (Wildman–Crippen LogP) is -5.86. The second-order valence-corrected chi connectivity index (χ2v) is 0.983. The van der Waals surface area contributed by atoms with E-state index in [4.69, 9.17) is 19.8 Å². The molecule has 0 atom stereocenters. The van der Waals surface area contributed by atoms with Crippen LogP contribution in [0.1, 0.15) is 13.8 Å². The molecule has 0 bridgehead atoms. The zero-order valence-corrected chi connectivity index (χ0v) is 10.5. The molecule has 0 rings (SSSR count). The maximum absolute atomic E-state index is 8.89. The SMILES string of the molecule is CC(=O)[O-].CC(=O)[O-].[Ca+2].[Na+]. The van der Waals surface area contributed by atoms with Gasteiger partial charge in [-0.25, -0.2) is 0 Å². The van der Waals surface area contributed by atoms with Crippen molar-refractivity contribution in [1.82, 2.24) is 0 Å². The third kappa shape index (κ3) is 430. The number of hydrogen-bond acceptors (Lipinski definition) is 4. The van der Waals surface area contributed by atoms with E-state index in [1.54, 1.807) is 0 Å². The quantitative estimate of drug-likeness (QED) is 0.348. The number of aliphatic carboxylic acids is 2. The van der Waals surface area contributed by atoms with Crippen molar-refractivity contribution in [2.24, 2.45) is 0 Å². The van der Waals surface area contributed by atoms with Gasteiger partial charge in [-0.3, -0.25) is 0 Å². The number of rotatable bonds is 0. The summed E-state index contributed by atoms with van der Waals surface area (Å²) in [6.45, 7) is 1.94. The third-order valence-corrected chi connectivity index (χ3v) is 0. The van der Waals surface area contributed by atoms with Gasteiger partial charge in [-0.15, -0.1) is 0 Å². The summed E-state index contributed by atoms with van der Waals surface area (Å²) in [6.07, 6.45) is 0. The summed E-state index contributed by atoms with van der Waals surface area (Å²) in [4.78, 5) is 17.8. The Labute approximate surface area is 111 Å². The molecule has 4 nitrogen and oxygen atoms in total. The number of carboxylic acid groups (broad SMARTS) is 2. The van der Waals surface area contributed by atoms with Crippen molar-refractivity contribution in [2.45, 2.75) is 13.8 Å². The van der Waals surface area contributed by atoms with E-state index in [-0.39, 0.29) is 67.3 Å². The van der Waals surface area contributed by atoms with Crippen LogP contribution < -0.4 is 39.8 Å². The van der Waals surface area contributed by atoms with Gasteiger partial charge in [-0.1, -0.05) is 0 Å². The summed E-state index contributed by atoms with van der Waals surface area (Å²) in [7, 11) is 0. The van der Waals surface area contributed by atoms with Gasteiger partial charge in [0.05, 0.1) is 0 Å². The van der Waals surface area contributed by atoms with Gasteiger partial charge in [0.25, 0.3) is 0 Å². The van der Waals surface area contributed by atoms with E-state index in [0.717, 1.165) is 13.8 Å². The molecule has 0 aromatic heterocycles. The van der Waals surface area contributed by atoms with Crippen molar-refractivity contribution in [3.05, 3.63) is 0 Å². The van der Waals surface area contributed by atoms with Crippen LogP contribution in [0.15, 0.2) is 0 Å². The van der Waals surface area contributed by atoms with Crippen LogP contribution in [-0.4, -0.2) is 49.7 Å². The van der Waals surface area contributed by atoms with E-state index >= 15 is 0 Å². The molecule has 6 heteroatoms. The fraction of sp³-hybridized carbons (Fsp3) is 0.500. The summed E-state index contributed by atoms with van der Waals surface area (Å²) in [5, 5.41) is 17.8. The van der Waals surface area contributed by atoms with E-state index in [0.29, 0.717) is 0 Å². The monoisotopic (exact) mass is 181 g/mol. The van der Waals surface area contributed by atoms with Crippen LogP contribution in [0.4, 0.5) is 0 Å². The van der Waals surface area contributed by atoms with Crippen molar-refractivity contribution in [3.8, 4) is 0 Å². The van der Waals surface area contributed by atoms with Gasteiger partial charge in [-0.05, 0) is 13.8 Å². The normalized spacial score (nSPS) is 5.00. The van der Waals surface area contributed by atoms with Crippen molar-refractivity contribution in [2.75, 3.05) is 0 Å². The molecule has 0 amide bonds. The Bertz CT molecular complexity index is 75.3. The van der Waals surface area contributed by atoms with E-state index in [2.05, 4.69) is 0 Å². The molecule has 0 fully saturated rings. The van der Waals surface area contributed by atoms with E-state index in [1.807, 2.05) is 0 Å². The zero-order chi connectivity index (χ0) is 7.15. The fourth-order valence-electron chi connectivity index (χ4n) is 0. The van der Waals surface area contributed by atoms with Crippen molar-refractivity contribution >= 4 is 49.7 Å². The average molecular weight is 181 g/mol. The Morgan fingerprint density at radius 2 is 1.00 bits per heavy atom. The molecule has 0 spiro atoms. The number of carboxylic acids is 2. The molecule has 0 aliphatic rings. The molecule has 10 heavy (non-hydrogen) atoms. The van der Waals surface area contributed by atoms with Crippen LogP contribution in [0.2, 0.25) is 0 Å². The van der Waals surface area contributed by atoms with Crippen molar-refractivity contribution in [3.63, 3.8) is 0 Å². The van der Waals surface area contributed by atoms with Crippen LogP contribution in [0, 0.1) is 0 Å². The second-order valence-electron chi connectivity index (χ2n) is 0.983. The minimum Gasteiger partial charge on any atom is -0.550 e. The molecule has 0 aromatic rings. The van der Waals surface area contributed by atoms with Crippen molar-refractivity contribution < 1.29 is 49.4 Å². The first-order valence-electron chi connectivity index (χ1n) is 1.82. The molecule has 48 valence electrons. The first-order chi connectivity index (χ1) is 3.46. The van der Waals surface area contributed by atoms with E-state index < -0.39 is 11.9 Å². The summed E-state index contributed by atoms with van der Waals surface area (Å²) in [5.41, 5.74) is 0. The summed E-state index contributed by atoms with van der Waals surface area (Å²) < 4.78 is 0. The van der Waals surface area contributed by atoms with Crippen LogP contribution in [0.3, 0.4) is 0 Å². The number of hydrogen-bond donors (Lipinski definition) is 0. The van der Waals surface area contributed by atoms with Gasteiger partial charge in [0.2, 0.25) is 0 Å². The molecule has 0 radical (unpaired) electrons. The Hall–Kier alpha value is 1.20. The Kier molecular flexibility index (Phi) is 37.4. The largest absolute Gasteiger partial charge is 2.00 e. The smallest absolute Gasteiger partial charge is 0.550 e. The zero-order valence-electron chi connectivity index (χ0n) is 6.34. The molecule has 0 saturated carbocycles. The van der Waals surface area contributed by atoms with Gasteiger partial charge < -0.3 is 19.8 Å². The minimum atomic E-state index is -1.08. The summed E-state index contributed by atoms with van der Waals surface area (Å²) in [6, 6.07) is 0. The van der Waals surface area contributed by atoms with Gasteiger partial charge in [0, 0.05) is 11.9 Å². The molecule has 0 heterocycles. The molecule has 0 aromatic carbocycles. The molecular weight excluding hydrogens is 175 g/mol. The maximum atomic E-state index is 8.89.